The van der Waals surface area contributed by atoms with Crippen LogP contribution in [0.15, 0.2) is 24.3 Å². The second-order valence-corrected chi connectivity index (χ2v) is 5.61. The lowest BCUT2D eigenvalue weighted by molar-refractivity contribution is 0.0924. The zero-order valence-corrected chi connectivity index (χ0v) is 12.8. The largest absolute Gasteiger partial charge is 0.395 e. The fourth-order valence-corrected chi connectivity index (χ4v) is 3.45. The number of aliphatic hydroxyl groups excluding tert-OH is 1. The Morgan fingerprint density at radius 1 is 1.30 bits per heavy atom. The second-order valence-electron chi connectivity index (χ2n) is 5.61. The molecule has 3 heteroatoms. The molecule has 0 fully saturated rings. The van der Waals surface area contributed by atoms with E-state index in [0.29, 0.717) is 12.1 Å². The first-order valence-corrected chi connectivity index (χ1v) is 7.96. The summed E-state index contributed by atoms with van der Waals surface area (Å²) in [5.74, 6) is 0. The number of hydrogen-bond acceptors (Lipinski definition) is 3. The van der Waals surface area contributed by atoms with Crippen LogP contribution in [0.2, 0.25) is 0 Å². The molecule has 3 nitrogen and oxygen atoms in total. The molecule has 0 aliphatic carbocycles. The molecule has 0 bridgehead atoms. The molecule has 20 heavy (non-hydrogen) atoms. The number of hydrogen-bond donors (Lipinski definition) is 2. The van der Waals surface area contributed by atoms with Crippen molar-refractivity contribution < 1.29 is 5.11 Å². The van der Waals surface area contributed by atoms with Crippen LogP contribution in [0.3, 0.4) is 0 Å². The van der Waals surface area contributed by atoms with Gasteiger partial charge in [-0.25, -0.2) is 0 Å². The third-order valence-corrected chi connectivity index (χ3v) is 4.49. The van der Waals surface area contributed by atoms with Crippen LogP contribution in [0, 0.1) is 0 Å². The van der Waals surface area contributed by atoms with E-state index in [2.05, 4.69) is 48.3 Å². The maximum absolute atomic E-state index is 9.47. The van der Waals surface area contributed by atoms with Gasteiger partial charge in [-0.15, -0.1) is 0 Å². The number of nitrogens with zero attached hydrogens (tertiary/aromatic N) is 1. The van der Waals surface area contributed by atoms with E-state index in [0.717, 1.165) is 38.9 Å². The van der Waals surface area contributed by atoms with Gasteiger partial charge < -0.3 is 10.4 Å². The van der Waals surface area contributed by atoms with Crippen molar-refractivity contribution >= 4 is 0 Å². The van der Waals surface area contributed by atoms with Crippen LogP contribution in [0.4, 0.5) is 0 Å². The van der Waals surface area contributed by atoms with E-state index in [1.807, 2.05) is 0 Å². The van der Waals surface area contributed by atoms with E-state index in [1.54, 1.807) is 0 Å². The van der Waals surface area contributed by atoms with Crippen LogP contribution < -0.4 is 5.32 Å². The lowest BCUT2D eigenvalue weighted by Crippen LogP contribution is -2.40. The lowest BCUT2D eigenvalue weighted by Gasteiger charge is -2.37. The van der Waals surface area contributed by atoms with Crippen LogP contribution in [0.1, 0.15) is 50.3 Å². The molecule has 0 aromatic heterocycles. The predicted octanol–water partition coefficient (Wildman–Crippen LogP) is 2.70. The molecule has 112 valence electrons. The van der Waals surface area contributed by atoms with Gasteiger partial charge in [0.1, 0.15) is 0 Å². The van der Waals surface area contributed by atoms with Gasteiger partial charge in [-0.3, -0.25) is 4.90 Å². The van der Waals surface area contributed by atoms with Gasteiger partial charge in [0.15, 0.2) is 0 Å². The van der Waals surface area contributed by atoms with E-state index in [4.69, 9.17) is 0 Å². The van der Waals surface area contributed by atoms with Gasteiger partial charge in [0, 0.05) is 25.2 Å². The number of fused-ring (bicyclic) bond motifs is 1. The molecule has 1 aromatic rings. The molecule has 0 saturated heterocycles. The lowest BCUT2D eigenvalue weighted by atomic mass is 9.95. The molecule has 0 saturated carbocycles. The first kappa shape index (κ1) is 15.5. The fraction of sp³-hybridized carbons (Fsp3) is 0.647. The molecule has 1 aromatic carbocycles. The Morgan fingerprint density at radius 2 is 2.05 bits per heavy atom. The molecule has 1 atom stereocenters. The van der Waals surface area contributed by atoms with Gasteiger partial charge in [0.2, 0.25) is 0 Å². The molecule has 0 amide bonds. The molecule has 2 rings (SSSR count). The molecule has 1 heterocycles. The molecule has 2 N–H and O–H groups in total. The molecule has 1 aliphatic heterocycles. The Morgan fingerprint density at radius 3 is 2.75 bits per heavy atom. The van der Waals surface area contributed by atoms with Gasteiger partial charge >= 0.3 is 0 Å². The third-order valence-electron chi connectivity index (χ3n) is 4.49. The average molecular weight is 276 g/mol. The maximum atomic E-state index is 9.47. The summed E-state index contributed by atoms with van der Waals surface area (Å²) in [7, 11) is 0. The fourth-order valence-electron chi connectivity index (χ4n) is 3.45. The van der Waals surface area contributed by atoms with Gasteiger partial charge in [0.05, 0.1) is 6.61 Å². The zero-order chi connectivity index (χ0) is 14.4. The Kier molecular flexibility index (Phi) is 6.02. The summed E-state index contributed by atoms with van der Waals surface area (Å²) >= 11 is 0. The summed E-state index contributed by atoms with van der Waals surface area (Å²) in [4.78, 5) is 2.52. The smallest absolute Gasteiger partial charge is 0.0558 e. The van der Waals surface area contributed by atoms with Crippen LogP contribution >= 0.6 is 0 Å². The van der Waals surface area contributed by atoms with Crippen LogP contribution in [0.25, 0.3) is 0 Å². The summed E-state index contributed by atoms with van der Waals surface area (Å²) in [6.07, 6.45) is 3.40. The van der Waals surface area contributed by atoms with Crippen LogP contribution in [-0.2, 0) is 6.54 Å². The van der Waals surface area contributed by atoms with Gasteiger partial charge in [-0.05, 0) is 36.9 Å². The Bertz CT molecular complexity index is 404. The van der Waals surface area contributed by atoms with Crippen LogP contribution in [-0.4, -0.2) is 35.7 Å². The quantitative estimate of drug-likeness (QED) is 0.838. The van der Waals surface area contributed by atoms with Crippen molar-refractivity contribution in [3.05, 3.63) is 35.4 Å². The minimum atomic E-state index is 0.239. The van der Waals surface area contributed by atoms with E-state index in [-0.39, 0.29) is 6.61 Å². The van der Waals surface area contributed by atoms with Crippen molar-refractivity contribution in [2.45, 2.75) is 51.7 Å². The van der Waals surface area contributed by atoms with Crippen molar-refractivity contribution in [3.8, 4) is 0 Å². The molecule has 1 aliphatic rings. The number of rotatable bonds is 6. The van der Waals surface area contributed by atoms with Crippen molar-refractivity contribution in [1.82, 2.24) is 10.2 Å². The molecular formula is C17H28N2O. The predicted molar refractivity (Wildman–Crippen MR) is 83.7 cm³/mol. The summed E-state index contributed by atoms with van der Waals surface area (Å²) < 4.78 is 0. The van der Waals surface area contributed by atoms with Crippen molar-refractivity contribution in [2.75, 3.05) is 19.7 Å². The number of benzene rings is 1. The molecular weight excluding hydrogens is 248 g/mol. The average Bonchev–Trinajstić information content (AvgIpc) is 2.70. The highest BCUT2D eigenvalue weighted by Crippen LogP contribution is 2.31. The highest BCUT2D eigenvalue weighted by molar-refractivity contribution is 5.31. The molecule has 0 radical (unpaired) electrons. The van der Waals surface area contributed by atoms with Crippen LogP contribution in [0.5, 0.6) is 0 Å². The zero-order valence-electron chi connectivity index (χ0n) is 12.8. The number of aliphatic hydroxyl groups is 1. The molecule has 0 spiro atoms. The van der Waals surface area contributed by atoms with Gasteiger partial charge in [0.25, 0.3) is 0 Å². The Balaban J connectivity index is 2.31. The molecule has 1 unspecified atom stereocenters. The van der Waals surface area contributed by atoms with Gasteiger partial charge in [-0.2, -0.15) is 0 Å². The standard InChI is InChI=1S/C17H28N2O/c1-3-15(4-2)19(11-12-20)17-9-10-18-13-14-7-5-6-8-16(14)17/h5-8,15,17-18,20H,3-4,9-13H2,1-2H3. The van der Waals surface area contributed by atoms with E-state index >= 15 is 0 Å². The minimum Gasteiger partial charge on any atom is -0.395 e. The minimum absolute atomic E-state index is 0.239. The first-order valence-electron chi connectivity index (χ1n) is 7.96. The first-order chi connectivity index (χ1) is 9.81. The van der Waals surface area contributed by atoms with E-state index in [9.17, 15) is 5.11 Å². The number of nitrogens with one attached hydrogen (secondary N) is 1. The Hall–Kier alpha value is -0.900. The summed E-state index contributed by atoms with van der Waals surface area (Å²) in [5, 5.41) is 13.0. The second kappa shape index (κ2) is 7.77. The van der Waals surface area contributed by atoms with Crippen molar-refractivity contribution in [2.24, 2.45) is 0 Å². The van der Waals surface area contributed by atoms with Crippen molar-refractivity contribution in [3.63, 3.8) is 0 Å². The summed E-state index contributed by atoms with van der Waals surface area (Å²) in [6, 6.07) is 9.73. The maximum Gasteiger partial charge on any atom is 0.0558 e. The monoisotopic (exact) mass is 276 g/mol. The highest BCUT2D eigenvalue weighted by Gasteiger charge is 2.27. The van der Waals surface area contributed by atoms with E-state index in [1.165, 1.54) is 11.1 Å². The summed E-state index contributed by atoms with van der Waals surface area (Å²) in [5.41, 5.74) is 2.85. The van der Waals surface area contributed by atoms with E-state index < -0.39 is 0 Å². The Labute approximate surface area is 123 Å². The normalized spacial score (nSPS) is 19.1. The topological polar surface area (TPSA) is 35.5 Å². The summed E-state index contributed by atoms with van der Waals surface area (Å²) in [6.45, 7) is 7.51. The third kappa shape index (κ3) is 3.40. The van der Waals surface area contributed by atoms with Crippen molar-refractivity contribution in [1.29, 1.82) is 0 Å². The SMILES string of the molecule is CCC(CC)N(CCO)C1CCNCc2ccccc21. The van der Waals surface area contributed by atoms with Gasteiger partial charge in [-0.1, -0.05) is 38.1 Å². The highest BCUT2D eigenvalue weighted by atomic mass is 16.3.